The standard InChI is InChI=1S/C20H15FN2O.C9H7F.2C2H6/c1-13-9-19-22-18-11-15(6-5-14-3-2-4-16(21)10-14)7-8-17(18)20(24)23(19)12-13;1-2-4-8-5-3-6-9(10)7-8;2*1-2/h2-4,7-8,10-11,13H,9,12H2,1H3;3,5-7H,1H3;2*1-2H3. The van der Waals surface area contributed by atoms with Gasteiger partial charge in [-0.1, -0.05) is 64.5 Å². The molecule has 5 rings (SSSR count). The summed E-state index contributed by atoms with van der Waals surface area (Å²) in [6.45, 7) is 12.6. The first-order chi connectivity index (χ1) is 18.4. The predicted molar refractivity (Wildman–Crippen MR) is 153 cm³/mol. The van der Waals surface area contributed by atoms with Crippen LogP contribution in [0.3, 0.4) is 0 Å². The summed E-state index contributed by atoms with van der Waals surface area (Å²) in [6.07, 6.45) is 0.824. The highest BCUT2D eigenvalue weighted by atomic mass is 19.1. The van der Waals surface area contributed by atoms with Crippen LogP contribution in [-0.2, 0) is 13.0 Å². The second-order valence-corrected chi connectivity index (χ2v) is 8.13. The fourth-order valence-corrected chi connectivity index (χ4v) is 3.80. The first kappa shape index (κ1) is 30.0. The van der Waals surface area contributed by atoms with Crippen molar-refractivity contribution in [2.45, 2.75) is 54.5 Å². The molecule has 0 saturated carbocycles. The molecule has 1 aromatic heterocycles. The molecule has 1 aliphatic rings. The summed E-state index contributed by atoms with van der Waals surface area (Å²) in [6, 6.07) is 17.8. The molecule has 196 valence electrons. The van der Waals surface area contributed by atoms with E-state index in [1.165, 1.54) is 24.3 Å². The van der Waals surface area contributed by atoms with Crippen LogP contribution in [0.1, 0.15) is 64.1 Å². The highest BCUT2D eigenvalue weighted by molar-refractivity contribution is 5.79. The summed E-state index contributed by atoms with van der Waals surface area (Å²) >= 11 is 0. The molecule has 0 amide bonds. The molecular formula is C33H34F2N2O. The smallest absolute Gasteiger partial charge is 0.261 e. The molecule has 38 heavy (non-hydrogen) atoms. The van der Waals surface area contributed by atoms with Gasteiger partial charge in [0.2, 0.25) is 0 Å². The van der Waals surface area contributed by atoms with Crippen LogP contribution in [0, 0.1) is 41.2 Å². The summed E-state index contributed by atoms with van der Waals surface area (Å²) in [5.41, 5.74) is 2.79. The Kier molecular flexibility index (Phi) is 11.9. The fraction of sp³-hybridized carbons (Fsp3) is 0.273. The van der Waals surface area contributed by atoms with Crippen molar-refractivity contribution in [3.63, 3.8) is 0 Å². The van der Waals surface area contributed by atoms with E-state index < -0.39 is 0 Å². The Bertz CT molecular complexity index is 1550. The van der Waals surface area contributed by atoms with Crippen molar-refractivity contribution in [3.05, 3.63) is 111 Å². The van der Waals surface area contributed by atoms with Crippen LogP contribution in [0.4, 0.5) is 8.78 Å². The van der Waals surface area contributed by atoms with Crippen molar-refractivity contribution in [3.8, 4) is 23.7 Å². The Morgan fingerprint density at radius 2 is 1.37 bits per heavy atom. The van der Waals surface area contributed by atoms with Crippen LogP contribution in [-0.4, -0.2) is 9.55 Å². The van der Waals surface area contributed by atoms with Crippen LogP contribution in [0.5, 0.6) is 0 Å². The molecule has 0 aliphatic carbocycles. The van der Waals surface area contributed by atoms with E-state index in [4.69, 9.17) is 0 Å². The molecule has 0 radical (unpaired) electrons. The van der Waals surface area contributed by atoms with Crippen LogP contribution in [0.25, 0.3) is 10.9 Å². The molecule has 4 aromatic rings. The summed E-state index contributed by atoms with van der Waals surface area (Å²) in [5, 5.41) is 0.615. The quantitative estimate of drug-likeness (QED) is 0.231. The molecule has 0 N–H and O–H groups in total. The van der Waals surface area contributed by atoms with Gasteiger partial charge >= 0.3 is 0 Å². The van der Waals surface area contributed by atoms with Gasteiger partial charge in [-0.25, -0.2) is 13.8 Å². The summed E-state index contributed by atoms with van der Waals surface area (Å²) in [4.78, 5) is 17.2. The molecule has 0 saturated heterocycles. The van der Waals surface area contributed by atoms with Gasteiger partial charge in [-0.05, 0) is 67.4 Å². The Morgan fingerprint density at radius 3 is 1.92 bits per heavy atom. The minimum atomic E-state index is -0.306. The van der Waals surface area contributed by atoms with E-state index in [2.05, 4.69) is 35.6 Å². The number of fused-ring (bicyclic) bond motifs is 2. The average Bonchev–Trinajstić information content (AvgIpc) is 3.31. The van der Waals surface area contributed by atoms with E-state index in [1.54, 1.807) is 41.8 Å². The van der Waals surface area contributed by atoms with Crippen molar-refractivity contribution < 1.29 is 8.78 Å². The average molecular weight is 513 g/mol. The van der Waals surface area contributed by atoms with Crippen LogP contribution < -0.4 is 5.56 Å². The van der Waals surface area contributed by atoms with Crippen molar-refractivity contribution in [1.82, 2.24) is 9.55 Å². The predicted octanol–water partition coefficient (Wildman–Crippen LogP) is 7.38. The molecule has 0 bridgehead atoms. The monoisotopic (exact) mass is 512 g/mol. The zero-order valence-electron chi connectivity index (χ0n) is 22.9. The van der Waals surface area contributed by atoms with Gasteiger partial charge in [0.05, 0.1) is 10.9 Å². The largest absolute Gasteiger partial charge is 0.296 e. The van der Waals surface area contributed by atoms with Gasteiger partial charge in [0, 0.05) is 29.7 Å². The number of nitrogens with zero attached hydrogens (tertiary/aromatic N) is 2. The molecule has 3 aromatic carbocycles. The van der Waals surface area contributed by atoms with E-state index in [-0.39, 0.29) is 17.2 Å². The van der Waals surface area contributed by atoms with Crippen molar-refractivity contribution in [2.24, 2.45) is 5.92 Å². The third-order valence-electron chi connectivity index (χ3n) is 5.33. The van der Waals surface area contributed by atoms with Crippen molar-refractivity contribution >= 4 is 10.9 Å². The minimum absolute atomic E-state index is 0.0176. The molecule has 1 unspecified atom stereocenters. The van der Waals surface area contributed by atoms with Gasteiger partial charge in [-0.2, -0.15) is 0 Å². The molecule has 1 atom stereocenters. The molecule has 2 heterocycles. The molecular weight excluding hydrogens is 478 g/mol. The minimum Gasteiger partial charge on any atom is -0.296 e. The first-order valence-corrected chi connectivity index (χ1v) is 12.9. The maximum Gasteiger partial charge on any atom is 0.261 e. The third kappa shape index (κ3) is 8.15. The maximum atomic E-state index is 13.2. The number of rotatable bonds is 0. The lowest BCUT2D eigenvalue weighted by Gasteiger charge is -2.05. The van der Waals surface area contributed by atoms with Crippen LogP contribution >= 0.6 is 0 Å². The zero-order valence-corrected chi connectivity index (χ0v) is 22.9. The maximum absolute atomic E-state index is 13.2. The van der Waals surface area contributed by atoms with Gasteiger partial charge in [-0.15, -0.1) is 5.92 Å². The van der Waals surface area contributed by atoms with Gasteiger partial charge in [-0.3, -0.25) is 9.36 Å². The lowest BCUT2D eigenvalue weighted by molar-refractivity contribution is 0.558. The normalized spacial score (nSPS) is 12.5. The van der Waals surface area contributed by atoms with Gasteiger partial charge in [0.25, 0.3) is 5.56 Å². The summed E-state index contributed by atoms with van der Waals surface area (Å²) in [5.74, 6) is 12.1. The summed E-state index contributed by atoms with van der Waals surface area (Å²) in [7, 11) is 0. The van der Waals surface area contributed by atoms with Gasteiger partial charge < -0.3 is 0 Å². The second-order valence-electron chi connectivity index (χ2n) is 8.13. The molecule has 5 heteroatoms. The second kappa shape index (κ2) is 15.1. The van der Waals surface area contributed by atoms with E-state index in [0.29, 0.717) is 22.4 Å². The Labute approximate surface area is 224 Å². The molecule has 1 aliphatic heterocycles. The number of hydrogen-bond acceptors (Lipinski definition) is 2. The Balaban J connectivity index is 0.000000304. The number of benzene rings is 3. The van der Waals surface area contributed by atoms with Gasteiger partial charge in [0.15, 0.2) is 0 Å². The number of hydrogen-bond donors (Lipinski definition) is 0. The number of aromatic nitrogens is 2. The molecule has 0 fully saturated rings. The van der Waals surface area contributed by atoms with E-state index in [1.807, 2.05) is 39.8 Å². The van der Waals surface area contributed by atoms with Gasteiger partial charge in [0.1, 0.15) is 17.5 Å². The topological polar surface area (TPSA) is 34.9 Å². The molecule has 3 nitrogen and oxygen atoms in total. The first-order valence-electron chi connectivity index (χ1n) is 12.9. The highest BCUT2D eigenvalue weighted by Gasteiger charge is 2.21. The van der Waals surface area contributed by atoms with E-state index in [0.717, 1.165) is 29.9 Å². The molecule has 0 spiro atoms. The lowest BCUT2D eigenvalue weighted by Crippen LogP contribution is -2.21. The van der Waals surface area contributed by atoms with Crippen LogP contribution in [0.15, 0.2) is 71.5 Å². The van der Waals surface area contributed by atoms with E-state index >= 15 is 0 Å². The Morgan fingerprint density at radius 1 is 0.816 bits per heavy atom. The lowest BCUT2D eigenvalue weighted by atomic mass is 10.1. The summed E-state index contributed by atoms with van der Waals surface area (Å²) < 4.78 is 27.4. The van der Waals surface area contributed by atoms with Crippen LogP contribution in [0.2, 0.25) is 0 Å². The van der Waals surface area contributed by atoms with Crippen molar-refractivity contribution in [1.29, 1.82) is 0 Å². The van der Waals surface area contributed by atoms with E-state index in [9.17, 15) is 13.6 Å². The SMILES string of the molecule is CC.CC.CC#Cc1cccc(F)c1.CC1Cc2nc3cc(C#Cc4cccc(F)c4)ccc3c(=O)n2C1. The fourth-order valence-electron chi connectivity index (χ4n) is 3.80. The third-order valence-corrected chi connectivity index (χ3v) is 5.33. The number of halogens is 2. The Hall–Kier alpha value is -4.22. The van der Waals surface area contributed by atoms with Crippen molar-refractivity contribution in [2.75, 3.05) is 0 Å². The zero-order chi connectivity index (χ0) is 28.1. The highest BCUT2D eigenvalue weighted by Crippen LogP contribution is 2.19.